The van der Waals surface area contributed by atoms with Crippen molar-refractivity contribution in [2.45, 2.75) is 65.2 Å². The number of aliphatic imine (C=N–C) groups is 2. The van der Waals surface area contributed by atoms with Crippen molar-refractivity contribution in [3.05, 3.63) is 12.7 Å². The summed E-state index contributed by atoms with van der Waals surface area (Å²) < 4.78 is 32.9. The van der Waals surface area contributed by atoms with E-state index in [1.807, 2.05) is 0 Å². The van der Waals surface area contributed by atoms with Crippen LogP contribution < -0.4 is 5.73 Å². The summed E-state index contributed by atoms with van der Waals surface area (Å²) in [5, 5.41) is -1.40. The Balaban J connectivity index is 0. The highest BCUT2D eigenvalue weighted by atomic mass is 32.2. The van der Waals surface area contributed by atoms with Crippen LogP contribution in [0.25, 0.3) is 0 Å². The molecule has 1 amide bonds. The smallest absolute Gasteiger partial charge is 0.404 e. The van der Waals surface area contributed by atoms with E-state index in [1.165, 1.54) is 0 Å². The Labute approximate surface area is 189 Å². The minimum atomic E-state index is -4.23. The molecule has 32 heavy (non-hydrogen) atoms. The van der Waals surface area contributed by atoms with Crippen molar-refractivity contribution in [3.63, 3.8) is 0 Å². The summed E-state index contributed by atoms with van der Waals surface area (Å²) in [7, 11) is -4.23. The zero-order valence-corrected chi connectivity index (χ0v) is 20.0. The van der Waals surface area contributed by atoms with E-state index < -0.39 is 27.2 Å². The first-order valence-corrected chi connectivity index (χ1v) is 11.2. The first-order valence-electron chi connectivity index (χ1n) is 9.73. The van der Waals surface area contributed by atoms with Gasteiger partial charge in [-0.2, -0.15) is 8.42 Å². The lowest BCUT2D eigenvalue weighted by atomic mass is 9.63. The van der Waals surface area contributed by atoms with Gasteiger partial charge in [0.1, 0.15) is 5.25 Å². The van der Waals surface area contributed by atoms with Crippen molar-refractivity contribution in [2.75, 3.05) is 13.2 Å². The summed E-state index contributed by atoms with van der Waals surface area (Å²) in [6.07, 6.45) is 6.03. The molecule has 182 valence electrons. The number of nitrogens with zero attached hydrogens (tertiary/aromatic N) is 2. The van der Waals surface area contributed by atoms with E-state index in [0.717, 1.165) is 32.3 Å². The van der Waals surface area contributed by atoms with Gasteiger partial charge < -0.3 is 10.5 Å². The Morgan fingerprint density at radius 1 is 1.28 bits per heavy atom. The van der Waals surface area contributed by atoms with Gasteiger partial charge in [-0.05, 0) is 50.0 Å². The van der Waals surface area contributed by atoms with Gasteiger partial charge in [0.05, 0.1) is 19.2 Å². The normalized spacial score (nSPS) is 22.0. The summed E-state index contributed by atoms with van der Waals surface area (Å²) in [5.41, 5.74) is 4.60. The lowest BCUT2D eigenvalue weighted by Crippen LogP contribution is -2.39. The molecule has 1 saturated carbocycles. The Hall–Kier alpha value is -2.65. The van der Waals surface area contributed by atoms with Crippen LogP contribution >= 0.6 is 0 Å². The van der Waals surface area contributed by atoms with Gasteiger partial charge >= 0.3 is 6.09 Å². The number of ether oxygens (including phenoxy) is 1. The maximum atomic E-state index is 10.5. The molecule has 3 N–H and O–H groups in total. The Morgan fingerprint density at radius 3 is 2.16 bits per heavy atom. The molecule has 1 aliphatic rings. The van der Waals surface area contributed by atoms with Crippen molar-refractivity contribution in [3.8, 4) is 0 Å². The zero-order chi connectivity index (χ0) is 25.6. The molecule has 0 bridgehead atoms. The molecular formula is C20H33N3O8S. The van der Waals surface area contributed by atoms with E-state index >= 15 is 0 Å². The number of primary amides is 1. The number of rotatable bonds is 7. The van der Waals surface area contributed by atoms with Crippen LogP contribution in [0.3, 0.4) is 0 Å². The van der Waals surface area contributed by atoms with Crippen LogP contribution in [-0.4, -0.2) is 61.5 Å². The molecule has 0 aliphatic heterocycles. The predicted octanol–water partition coefficient (Wildman–Crippen LogP) is 2.36. The number of hydrogen-bond acceptors (Lipinski definition) is 9. The van der Waals surface area contributed by atoms with Crippen LogP contribution in [0.2, 0.25) is 0 Å². The number of carbonyl (C=O) groups is 2. The zero-order valence-electron chi connectivity index (χ0n) is 19.2. The van der Waals surface area contributed by atoms with Gasteiger partial charge in [-0.15, -0.1) is 0 Å². The quantitative estimate of drug-likeness (QED) is 0.243. The number of isocyanates is 2. The first kappa shape index (κ1) is 31.5. The average molecular weight is 476 g/mol. The maximum absolute atomic E-state index is 10.5. The van der Waals surface area contributed by atoms with Crippen LogP contribution in [0.1, 0.15) is 53.9 Å². The molecule has 3 atom stereocenters. The molecule has 0 spiro atoms. The van der Waals surface area contributed by atoms with Crippen molar-refractivity contribution in [1.82, 2.24) is 0 Å². The fourth-order valence-corrected chi connectivity index (χ4v) is 3.93. The number of carbonyl (C=O) groups excluding carboxylic acids is 4. The van der Waals surface area contributed by atoms with Gasteiger partial charge in [-0.25, -0.2) is 24.4 Å². The fourth-order valence-electron chi connectivity index (χ4n) is 3.54. The fraction of sp³-hybridized carbons (Fsp3) is 0.700. The van der Waals surface area contributed by atoms with E-state index in [4.69, 9.17) is 4.55 Å². The lowest BCUT2D eigenvalue weighted by Gasteiger charge is -2.44. The van der Waals surface area contributed by atoms with E-state index in [2.05, 4.69) is 47.8 Å². The van der Waals surface area contributed by atoms with Crippen molar-refractivity contribution < 1.29 is 36.9 Å². The van der Waals surface area contributed by atoms with Gasteiger partial charge in [-0.1, -0.05) is 27.4 Å². The highest BCUT2D eigenvalue weighted by molar-refractivity contribution is 7.87. The molecular weight excluding hydrogens is 442 g/mol. The Morgan fingerprint density at radius 2 is 1.84 bits per heavy atom. The number of amides is 1. The van der Waals surface area contributed by atoms with Gasteiger partial charge in [0.15, 0.2) is 5.78 Å². The lowest BCUT2D eigenvalue weighted by molar-refractivity contribution is -0.114. The van der Waals surface area contributed by atoms with Crippen LogP contribution in [0, 0.1) is 10.8 Å². The van der Waals surface area contributed by atoms with Crippen LogP contribution in [0.5, 0.6) is 0 Å². The molecule has 3 unspecified atom stereocenters. The van der Waals surface area contributed by atoms with E-state index in [9.17, 15) is 27.6 Å². The second-order valence-corrected chi connectivity index (χ2v) is 10.1. The molecule has 0 saturated heterocycles. The minimum Gasteiger partial charge on any atom is -0.450 e. The molecule has 0 aromatic carbocycles. The van der Waals surface area contributed by atoms with Crippen molar-refractivity contribution in [2.24, 2.45) is 26.5 Å². The van der Waals surface area contributed by atoms with Crippen LogP contribution in [-0.2, 0) is 29.2 Å². The summed E-state index contributed by atoms with van der Waals surface area (Å²) in [5.74, 6) is -0.706. The second-order valence-electron chi connectivity index (χ2n) is 8.36. The Kier molecular flexibility index (Phi) is 14.2. The third-order valence-corrected chi connectivity index (χ3v) is 5.64. The monoisotopic (exact) mass is 475 g/mol. The number of allylic oxidation sites excluding steroid dienone is 1. The average Bonchev–Trinajstić information content (AvgIpc) is 2.64. The molecule has 1 rings (SSSR count). The molecule has 0 radical (unpaired) electrons. The Bertz CT molecular complexity index is 843. The number of ketones is 1. The third-order valence-electron chi connectivity index (χ3n) is 4.52. The molecule has 1 aliphatic carbocycles. The second kappa shape index (κ2) is 14.4. The molecule has 0 aromatic heterocycles. The van der Waals surface area contributed by atoms with Crippen molar-refractivity contribution in [1.29, 1.82) is 0 Å². The SMILES string of the molecule is C=CC(=O)C(C)S(=O)(=O)O.CC1(C)CC(N=C=O)CC(C)(CN=C=O)C1.CCOC(N)=O. The summed E-state index contributed by atoms with van der Waals surface area (Å²) in [4.78, 5) is 48.1. The molecule has 12 heteroatoms. The number of hydrogen-bond donors (Lipinski definition) is 2. The summed E-state index contributed by atoms with van der Waals surface area (Å²) in [6, 6.07) is 0.00750. The van der Waals surface area contributed by atoms with Crippen LogP contribution in [0.15, 0.2) is 22.6 Å². The van der Waals surface area contributed by atoms with Crippen LogP contribution in [0.4, 0.5) is 4.79 Å². The molecule has 11 nitrogen and oxygen atoms in total. The highest BCUT2D eigenvalue weighted by Gasteiger charge is 2.41. The van der Waals surface area contributed by atoms with E-state index in [-0.39, 0.29) is 16.9 Å². The largest absolute Gasteiger partial charge is 0.450 e. The van der Waals surface area contributed by atoms with E-state index in [1.54, 1.807) is 19.1 Å². The predicted molar refractivity (Wildman–Crippen MR) is 118 cm³/mol. The summed E-state index contributed by atoms with van der Waals surface area (Å²) in [6.45, 7) is 13.1. The minimum absolute atomic E-state index is 0.00750. The van der Waals surface area contributed by atoms with Gasteiger partial charge in [0.2, 0.25) is 12.2 Å². The van der Waals surface area contributed by atoms with E-state index in [0.29, 0.717) is 13.2 Å². The standard InChI is InChI=1S/C12H18N2O2.C5H8O4S.C3H7NO2/c1-11(2)4-10(14-9-16)5-12(3,6-11)7-13-8-15;1-3-5(6)4(2)10(7,8)9;1-2-6-3(4)5/h10H,4-7H2,1-3H3;3-4H,1H2,2H3,(H,7,8,9);2H2,1H3,(H2,4,5). The molecule has 0 aromatic rings. The molecule has 0 heterocycles. The first-order chi connectivity index (χ1) is 14.6. The van der Waals surface area contributed by atoms with Gasteiger partial charge in [-0.3, -0.25) is 9.35 Å². The topological polar surface area (TPSA) is 183 Å². The van der Waals surface area contributed by atoms with Gasteiger partial charge in [0, 0.05) is 0 Å². The summed E-state index contributed by atoms with van der Waals surface area (Å²) >= 11 is 0. The molecule has 1 fully saturated rings. The maximum Gasteiger partial charge on any atom is 0.404 e. The van der Waals surface area contributed by atoms with Crippen molar-refractivity contribution >= 4 is 34.2 Å². The highest BCUT2D eigenvalue weighted by Crippen LogP contribution is 2.47. The third kappa shape index (κ3) is 14.4. The number of nitrogens with two attached hydrogens (primary N) is 1. The van der Waals surface area contributed by atoms with Gasteiger partial charge in [0.25, 0.3) is 10.1 Å².